The summed E-state index contributed by atoms with van der Waals surface area (Å²) in [4.78, 5) is 20.5. The Labute approximate surface area is 154 Å². The van der Waals surface area contributed by atoms with E-state index in [1.165, 1.54) is 12.4 Å². The topological polar surface area (TPSA) is 89.5 Å². The maximum atomic E-state index is 12.5. The zero-order chi connectivity index (χ0) is 18.8. The third kappa shape index (κ3) is 2.83. The second-order valence-electron chi connectivity index (χ2n) is 5.66. The van der Waals surface area contributed by atoms with Crippen LogP contribution in [-0.2, 0) is 4.74 Å². The van der Waals surface area contributed by atoms with Crippen molar-refractivity contribution < 1.29 is 14.3 Å². The number of carbonyl (C=O) groups is 1. The minimum absolute atomic E-state index is 0.0992. The molecule has 7 heteroatoms. The number of pyridine rings is 1. The average molecular weight is 358 g/mol. The van der Waals surface area contributed by atoms with E-state index < -0.39 is 0 Å². The van der Waals surface area contributed by atoms with Crippen molar-refractivity contribution in [2.75, 3.05) is 6.61 Å². The van der Waals surface area contributed by atoms with Crippen LogP contribution < -0.4 is 4.74 Å². The van der Waals surface area contributed by atoms with Crippen LogP contribution in [0.3, 0.4) is 0 Å². The van der Waals surface area contributed by atoms with Crippen LogP contribution in [-0.4, -0.2) is 26.9 Å². The molecule has 4 rings (SSSR count). The Morgan fingerprint density at radius 2 is 1.96 bits per heavy atom. The first kappa shape index (κ1) is 16.5. The number of nitriles is 1. The van der Waals surface area contributed by atoms with Crippen LogP contribution >= 0.6 is 0 Å². The molecule has 0 aliphatic heterocycles. The number of para-hydroxylation sites is 1. The van der Waals surface area contributed by atoms with Gasteiger partial charge in [-0.15, -0.1) is 0 Å². The molecule has 0 N–H and O–H groups in total. The molecule has 0 unspecified atom stereocenters. The van der Waals surface area contributed by atoms with Crippen molar-refractivity contribution in [2.45, 2.75) is 6.92 Å². The number of fused-ring (bicyclic) bond motifs is 3. The number of carbonyl (C=O) groups excluding carboxylic acids is 1. The number of hydrogen-bond acceptors (Lipinski definition) is 6. The van der Waals surface area contributed by atoms with E-state index in [1.54, 1.807) is 25.3 Å². The van der Waals surface area contributed by atoms with Gasteiger partial charge in [0.05, 0.1) is 29.4 Å². The Hall–Kier alpha value is -3.92. The van der Waals surface area contributed by atoms with Gasteiger partial charge in [0.25, 0.3) is 5.88 Å². The predicted octanol–water partition coefficient (Wildman–Crippen LogP) is 3.72. The van der Waals surface area contributed by atoms with Gasteiger partial charge in [-0.05, 0) is 25.1 Å². The summed E-state index contributed by atoms with van der Waals surface area (Å²) in [5.74, 6) is 0.225. The molecule has 0 spiro atoms. The molecular weight excluding hydrogens is 344 g/mol. The van der Waals surface area contributed by atoms with Crippen molar-refractivity contribution in [1.29, 1.82) is 5.26 Å². The normalized spacial score (nSPS) is 10.7. The van der Waals surface area contributed by atoms with E-state index in [1.807, 2.05) is 34.7 Å². The molecule has 0 radical (unpaired) electrons. The van der Waals surface area contributed by atoms with Gasteiger partial charge >= 0.3 is 5.97 Å². The molecule has 1 aromatic carbocycles. The van der Waals surface area contributed by atoms with Crippen LogP contribution in [0.25, 0.3) is 16.4 Å². The quantitative estimate of drug-likeness (QED) is 0.517. The Balaban J connectivity index is 1.87. The molecule has 0 aliphatic rings. The monoisotopic (exact) mass is 358 g/mol. The van der Waals surface area contributed by atoms with Gasteiger partial charge in [-0.2, -0.15) is 5.26 Å². The second kappa shape index (κ2) is 6.77. The fourth-order valence-electron chi connectivity index (χ4n) is 2.98. The molecule has 7 nitrogen and oxygen atoms in total. The molecule has 3 heterocycles. The molecule has 27 heavy (non-hydrogen) atoms. The maximum Gasteiger partial charge on any atom is 0.340 e. The second-order valence-corrected chi connectivity index (χ2v) is 5.66. The van der Waals surface area contributed by atoms with Crippen molar-refractivity contribution in [3.05, 3.63) is 66.2 Å². The van der Waals surface area contributed by atoms with Crippen molar-refractivity contribution in [1.82, 2.24) is 14.4 Å². The summed E-state index contributed by atoms with van der Waals surface area (Å²) < 4.78 is 12.8. The van der Waals surface area contributed by atoms with Gasteiger partial charge in [0.1, 0.15) is 11.8 Å². The first-order valence-electron chi connectivity index (χ1n) is 8.31. The zero-order valence-corrected chi connectivity index (χ0v) is 14.4. The summed E-state index contributed by atoms with van der Waals surface area (Å²) in [5, 5.41) is 9.93. The third-order valence-electron chi connectivity index (χ3n) is 4.08. The van der Waals surface area contributed by atoms with Gasteiger partial charge in [-0.3, -0.25) is 0 Å². The van der Waals surface area contributed by atoms with E-state index in [0.29, 0.717) is 23.4 Å². The van der Waals surface area contributed by atoms with E-state index >= 15 is 0 Å². The largest absolute Gasteiger partial charge is 0.462 e. The van der Waals surface area contributed by atoms with Crippen LogP contribution in [0.2, 0.25) is 0 Å². The van der Waals surface area contributed by atoms with E-state index in [0.717, 1.165) is 10.9 Å². The van der Waals surface area contributed by atoms with Crippen molar-refractivity contribution in [3.8, 4) is 17.7 Å². The number of rotatable bonds is 4. The van der Waals surface area contributed by atoms with Crippen molar-refractivity contribution in [3.63, 3.8) is 0 Å². The van der Waals surface area contributed by atoms with Gasteiger partial charge in [-0.1, -0.05) is 18.2 Å². The van der Waals surface area contributed by atoms with Gasteiger partial charge in [-0.25, -0.2) is 14.8 Å². The Kier molecular flexibility index (Phi) is 4.15. The number of hydrogen-bond donors (Lipinski definition) is 0. The summed E-state index contributed by atoms with van der Waals surface area (Å²) in [6, 6.07) is 13.0. The molecule has 0 saturated heterocycles. The van der Waals surface area contributed by atoms with Crippen LogP contribution in [0.15, 0.2) is 55.0 Å². The summed E-state index contributed by atoms with van der Waals surface area (Å²) in [5.41, 5.74) is 2.17. The van der Waals surface area contributed by atoms with E-state index in [2.05, 4.69) is 9.97 Å². The number of aromatic nitrogens is 3. The highest BCUT2D eigenvalue weighted by molar-refractivity contribution is 6.11. The number of nitrogens with zero attached hydrogens (tertiary/aromatic N) is 4. The Morgan fingerprint density at radius 3 is 2.78 bits per heavy atom. The lowest BCUT2D eigenvalue weighted by Gasteiger charge is -2.07. The predicted molar refractivity (Wildman–Crippen MR) is 97.7 cm³/mol. The maximum absolute atomic E-state index is 12.5. The molecule has 4 aromatic rings. The molecule has 0 fully saturated rings. The zero-order valence-electron chi connectivity index (χ0n) is 14.4. The van der Waals surface area contributed by atoms with Gasteiger partial charge in [0.15, 0.2) is 0 Å². The van der Waals surface area contributed by atoms with Crippen LogP contribution in [0.5, 0.6) is 11.6 Å². The fraction of sp³-hybridized carbons (Fsp3) is 0.100. The third-order valence-corrected chi connectivity index (χ3v) is 4.08. The Bertz CT molecular complexity index is 1210. The molecule has 0 atom stereocenters. The molecular formula is C20H14N4O3. The Morgan fingerprint density at radius 1 is 1.15 bits per heavy atom. The smallest absolute Gasteiger partial charge is 0.340 e. The minimum atomic E-state index is -0.370. The van der Waals surface area contributed by atoms with E-state index in [9.17, 15) is 4.79 Å². The minimum Gasteiger partial charge on any atom is -0.462 e. The van der Waals surface area contributed by atoms with Gasteiger partial charge in [0.2, 0.25) is 5.69 Å². The van der Waals surface area contributed by atoms with Gasteiger partial charge < -0.3 is 13.9 Å². The number of ether oxygens (including phenoxy) is 2. The first-order chi connectivity index (χ1) is 13.2. The first-order valence-corrected chi connectivity index (χ1v) is 8.31. The van der Waals surface area contributed by atoms with Crippen LogP contribution in [0, 0.1) is 11.3 Å². The summed E-state index contributed by atoms with van der Waals surface area (Å²) in [7, 11) is 0. The molecule has 132 valence electrons. The van der Waals surface area contributed by atoms with E-state index in [4.69, 9.17) is 14.7 Å². The van der Waals surface area contributed by atoms with Gasteiger partial charge in [0, 0.05) is 17.8 Å². The molecule has 0 amide bonds. The molecule has 0 aliphatic carbocycles. The lowest BCUT2D eigenvalue weighted by Crippen LogP contribution is -2.04. The molecule has 0 saturated carbocycles. The summed E-state index contributed by atoms with van der Waals surface area (Å²) in [6.07, 6.45) is 4.63. The highest BCUT2D eigenvalue weighted by Gasteiger charge is 2.19. The van der Waals surface area contributed by atoms with Crippen LogP contribution in [0.1, 0.15) is 23.0 Å². The van der Waals surface area contributed by atoms with Crippen molar-refractivity contribution >= 4 is 22.4 Å². The number of esters is 1. The SMILES string of the molecule is CCOC(=O)c1c2ccccc2n2cc(Oc3nccnc3C#N)ccc12. The van der Waals surface area contributed by atoms with Crippen LogP contribution in [0.4, 0.5) is 0 Å². The lowest BCUT2D eigenvalue weighted by molar-refractivity contribution is 0.0531. The lowest BCUT2D eigenvalue weighted by atomic mass is 10.1. The summed E-state index contributed by atoms with van der Waals surface area (Å²) >= 11 is 0. The molecule has 0 bridgehead atoms. The number of benzene rings is 1. The van der Waals surface area contributed by atoms with Crippen molar-refractivity contribution in [2.24, 2.45) is 0 Å². The highest BCUT2D eigenvalue weighted by atomic mass is 16.5. The molecule has 3 aromatic heterocycles. The summed E-state index contributed by atoms with van der Waals surface area (Å²) in [6.45, 7) is 2.08. The standard InChI is InChI=1S/C20H14N4O3/c1-2-26-20(25)18-14-5-3-4-6-16(14)24-12-13(7-8-17(18)24)27-19-15(11-21)22-9-10-23-19/h3-10,12H,2H2,1H3. The van der Waals surface area contributed by atoms with E-state index in [-0.39, 0.29) is 17.5 Å². The average Bonchev–Trinajstić information content (AvgIpc) is 3.02. The fourth-order valence-corrected chi connectivity index (χ4v) is 2.98. The highest BCUT2D eigenvalue weighted by Crippen LogP contribution is 2.30.